The average molecular weight is 645 g/mol. The molecule has 0 heterocycles. The lowest BCUT2D eigenvalue weighted by atomic mass is 9.88. The van der Waals surface area contributed by atoms with Crippen molar-refractivity contribution in [2.24, 2.45) is 0 Å². The smallest absolute Gasteiger partial charge is 0.416 e. The molecule has 0 unspecified atom stereocenters. The third-order valence-electron chi connectivity index (χ3n) is 7.93. The fourth-order valence-corrected chi connectivity index (χ4v) is 8.08. The van der Waals surface area contributed by atoms with Gasteiger partial charge in [0, 0.05) is 0 Å². The summed E-state index contributed by atoms with van der Waals surface area (Å²) in [4.78, 5) is 0. The van der Waals surface area contributed by atoms with Gasteiger partial charge in [0.25, 0.3) is 0 Å². The highest BCUT2D eigenvalue weighted by molar-refractivity contribution is 7.80. The fraction of sp³-hybridized carbons (Fsp3) is 0.0732. The maximum atomic E-state index is 14.4. The van der Waals surface area contributed by atoms with Crippen molar-refractivity contribution >= 4 is 35.5 Å². The molecule has 6 aromatic rings. The first-order valence-electron chi connectivity index (χ1n) is 15.1. The summed E-state index contributed by atoms with van der Waals surface area (Å²) < 4.78 is 53.9. The van der Waals surface area contributed by atoms with Crippen LogP contribution >= 0.6 is 7.92 Å². The highest BCUT2D eigenvalue weighted by Crippen LogP contribution is 2.42. The molecule has 2 nitrogen and oxygen atoms in total. The van der Waals surface area contributed by atoms with Crippen LogP contribution in [0, 0.1) is 0 Å². The number of ether oxygens (including phenoxy) is 2. The first-order chi connectivity index (χ1) is 22.9. The summed E-state index contributed by atoms with van der Waals surface area (Å²) in [6, 6.07) is 47.6. The van der Waals surface area contributed by atoms with Gasteiger partial charge in [0.2, 0.25) is 0 Å². The second kappa shape index (κ2) is 14.1. The molecular formula is C41H32F3O2P. The van der Waals surface area contributed by atoms with E-state index in [-0.39, 0.29) is 0 Å². The summed E-state index contributed by atoms with van der Waals surface area (Å²) in [6.45, 7) is 0. The Labute approximate surface area is 274 Å². The summed E-state index contributed by atoms with van der Waals surface area (Å²) in [7, 11) is 2.14. The van der Waals surface area contributed by atoms with Crippen molar-refractivity contribution in [3.05, 3.63) is 174 Å². The van der Waals surface area contributed by atoms with Crippen molar-refractivity contribution in [2.45, 2.75) is 6.18 Å². The largest absolute Gasteiger partial charge is 0.497 e. The first-order valence-corrected chi connectivity index (χ1v) is 16.4. The van der Waals surface area contributed by atoms with Gasteiger partial charge < -0.3 is 9.47 Å². The zero-order valence-electron chi connectivity index (χ0n) is 25.9. The van der Waals surface area contributed by atoms with Crippen molar-refractivity contribution in [1.29, 1.82) is 0 Å². The van der Waals surface area contributed by atoms with Gasteiger partial charge in [0.15, 0.2) is 0 Å². The maximum absolute atomic E-state index is 14.4. The van der Waals surface area contributed by atoms with Crippen LogP contribution in [0.4, 0.5) is 13.2 Å². The molecule has 6 heteroatoms. The Hall–Kier alpha value is -5.12. The molecule has 6 aromatic carbocycles. The van der Waals surface area contributed by atoms with E-state index in [9.17, 15) is 13.2 Å². The van der Waals surface area contributed by atoms with Crippen LogP contribution in [-0.2, 0) is 6.18 Å². The van der Waals surface area contributed by atoms with Crippen LogP contribution in [0.1, 0.15) is 22.3 Å². The molecule has 0 bridgehead atoms. The molecule has 0 aromatic heterocycles. The number of hydrogen-bond donors (Lipinski definition) is 0. The maximum Gasteiger partial charge on any atom is 0.416 e. The molecule has 234 valence electrons. The Balaban J connectivity index is 1.63. The number of benzene rings is 6. The molecule has 0 N–H and O–H groups in total. The number of methoxy groups -OCH3 is 2. The van der Waals surface area contributed by atoms with Gasteiger partial charge in [-0.3, -0.25) is 0 Å². The van der Waals surface area contributed by atoms with Crippen LogP contribution in [0.2, 0.25) is 0 Å². The van der Waals surface area contributed by atoms with Gasteiger partial charge in [-0.25, -0.2) is 0 Å². The third kappa shape index (κ3) is 7.16. The van der Waals surface area contributed by atoms with Gasteiger partial charge in [-0.05, 0) is 99.7 Å². The topological polar surface area (TPSA) is 18.5 Å². The summed E-state index contributed by atoms with van der Waals surface area (Å²) >= 11 is 0. The van der Waals surface area contributed by atoms with Crippen molar-refractivity contribution in [3.8, 4) is 22.6 Å². The van der Waals surface area contributed by atoms with E-state index in [2.05, 4.69) is 30.3 Å². The SMILES string of the molecule is COc1ccc(/C=C(\c2ccc(OC)cc2)c2cc(C(F)(F)F)ccc2-c2ccccc2P(c2ccccc2)c2ccccc2)cc1. The van der Waals surface area contributed by atoms with Crippen molar-refractivity contribution in [3.63, 3.8) is 0 Å². The Morgan fingerprint density at radius 1 is 0.574 bits per heavy atom. The predicted molar refractivity (Wildman–Crippen MR) is 189 cm³/mol. The highest BCUT2D eigenvalue weighted by Gasteiger charge is 2.32. The molecule has 0 aliphatic heterocycles. The van der Waals surface area contributed by atoms with E-state index in [1.807, 2.05) is 109 Å². The number of alkyl halides is 3. The van der Waals surface area contributed by atoms with Crippen LogP contribution in [-0.4, -0.2) is 14.2 Å². The second-order valence-corrected chi connectivity index (χ2v) is 13.0. The van der Waals surface area contributed by atoms with Crippen LogP contribution < -0.4 is 25.4 Å². The van der Waals surface area contributed by atoms with Crippen LogP contribution in [0.15, 0.2) is 152 Å². The van der Waals surface area contributed by atoms with Crippen molar-refractivity contribution in [1.82, 2.24) is 0 Å². The minimum atomic E-state index is -4.53. The Bertz CT molecular complexity index is 1930. The van der Waals surface area contributed by atoms with Crippen LogP contribution in [0.25, 0.3) is 22.8 Å². The average Bonchev–Trinajstić information content (AvgIpc) is 3.12. The Morgan fingerprint density at radius 3 is 1.66 bits per heavy atom. The normalized spacial score (nSPS) is 11.8. The van der Waals surface area contributed by atoms with E-state index in [0.717, 1.165) is 32.6 Å². The summed E-state index contributed by atoms with van der Waals surface area (Å²) in [6.07, 6.45) is -2.60. The zero-order chi connectivity index (χ0) is 32.8. The fourth-order valence-electron chi connectivity index (χ4n) is 5.61. The molecule has 0 saturated carbocycles. The number of hydrogen-bond acceptors (Lipinski definition) is 2. The summed E-state index contributed by atoms with van der Waals surface area (Å²) in [5.41, 5.74) is 3.59. The molecule has 0 atom stereocenters. The standard InChI is InChI=1S/C41H32F3O2P/c1-45-32-22-17-29(18-23-32)27-38(30-19-24-33(46-2)25-20-30)39-28-31(41(42,43)44)21-26-36(39)37-15-9-10-16-40(37)47(34-11-5-3-6-12-34)35-13-7-4-8-14-35/h3-28H,1-2H3/b38-27+. The van der Waals surface area contributed by atoms with Gasteiger partial charge in [-0.2, -0.15) is 13.2 Å². The first kappa shape index (κ1) is 31.8. The second-order valence-electron chi connectivity index (χ2n) is 10.8. The van der Waals surface area contributed by atoms with E-state index in [1.54, 1.807) is 20.3 Å². The van der Waals surface area contributed by atoms with Gasteiger partial charge >= 0.3 is 6.18 Å². The molecular weight excluding hydrogens is 612 g/mol. The van der Waals surface area contributed by atoms with Crippen LogP contribution in [0.3, 0.4) is 0 Å². The van der Waals surface area contributed by atoms with Crippen molar-refractivity contribution < 1.29 is 22.6 Å². The minimum absolute atomic E-state index is 0.476. The lowest BCUT2D eigenvalue weighted by Gasteiger charge is -2.24. The summed E-state index contributed by atoms with van der Waals surface area (Å²) in [5, 5.41) is 3.36. The molecule has 0 aliphatic carbocycles. The monoisotopic (exact) mass is 644 g/mol. The highest BCUT2D eigenvalue weighted by atomic mass is 31.1. The Kier molecular flexibility index (Phi) is 9.56. The number of rotatable bonds is 9. The zero-order valence-corrected chi connectivity index (χ0v) is 26.8. The quantitative estimate of drug-likeness (QED) is 0.115. The molecule has 47 heavy (non-hydrogen) atoms. The predicted octanol–water partition coefficient (Wildman–Crippen LogP) is 9.74. The molecule has 0 fully saturated rings. The van der Waals surface area contributed by atoms with E-state index in [1.165, 1.54) is 12.1 Å². The number of halogens is 3. The lowest BCUT2D eigenvalue weighted by Crippen LogP contribution is -2.22. The van der Waals surface area contributed by atoms with E-state index < -0.39 is 19.7 Å². The molecule has 0 aliphatic rings. The van der Waals surface area contributed by atoms with Gasteiger partial charge in [-0.1, -0.05) is 115 Å². The Morgan fingerprint density at radius 2 is 1.11 bits per heavy atom. The van der Waals surface area contributed by atoms with Gasteiger partial charge in [-0.15, -0.1) is 0 Å². The third-order valence-corrected chi connectivity index (χ3v) is 10.4. The van der Waals surface area contributed by atoms with Gasteiger partial charge in [0.05, 0.1) is 19.8 Å². The molecule has 0 saturated heterocycles. The summed E-state index contributed by atoms with van der Waals surface area (Å²) in [5.74, 6) is 1.35. The minimum Gasteiger partial charge on any atom is -0.497 e. The lowest BCUT2D eigenvalue weighted by molar-refractivity contribution is -0.137. The molecule has 6 rings (SSSR count). The van der Waals surface area contributed by atoms with E-state index >= 15 is 0 Å². The van der Waals surface area contributed by atoms with Crippen molar-refractivity contribution in [2.75, 3.05) is 14.2 Å². The molecule has 0 radical (unpaired) electrons. The van der Waals surface area contributed by atoms with Crippen LogP contribution in [0.5, 0.6) is 11.5 Å². The van der Waals surface area contributed by atoms with E-state index in [4.69, 9.17) is 9.47 Å². The van der Waals surface area contributed by atoms with E-state index in [0.29, 0.717) is 28.2 Å². The molecule has 0 spiro atoms. The van der Waals surface area contributed by atoms with Gasteiger partial charge in [0.1, 0.15) is 11.5 Å². The molecule has 0 amide bonds.